The normalized spacial score (nSPS) is 14.0. The second kappa shape index (κ2) is 7.49. The molecule has 1 heterocycles. The summed E-state index contributed by atoms with van der Waals surface area (Å²) >= 11 is 5.93. The molecule has 1 aliphatic heterocycles. The van der Waals surface area contributed by atoms with Crippen LogP contribution in [-0.2, 0) is 14.4 Å². The van der Waals surface area contributed by atoms with E-state index in [9.17, 15) is 24.5 Å². The van der Waals surface area contributed by atoms with Crippen LogP contribution >= 0.6 is 24.0 Å². The van der Waals surface area contributed by atoms with Gasteiger partial charge >= 0.3 is 0 Å². The van der Waals surface area contributed by atoms with Crippen molar-refractivity contribution in [2.45, 2.75) is 19.8 Å². The molecular weight excluding hydrogens is 354 g/mol. The molecule has 0 aromatic heterocycles. The Morgan fingerprint density at radius 1 is 1.38 bits per heavy atom. The largest absolute Gasteiger partial charge is 0.325 e. The number of rotatable bonds is 4. The number of likely N-dealkylation sites (tertiary alicyclic amines) is 1. The van der Waals surface area contributed by atoms with Gasteiger partial charge in [0, 0.05) is 30.7 Å². The van der Waals surface area contributed by atoms with Crippen molar-refractivity contribution in [2.75, 3.05) is 11.1 Å². The smallest absolute Gasteiger partial charge is 0.269 e. The van der Waals surface area contributed by atoms with E-state index >= 15 is 0 Å². The number of carbonyl (C=O) groups excluding carboxylic acids is 3. The van der Waals surface area contributed by atoms with E-state index in [1.54, 1.807) is 6.92 Å². The molecule has 1 aromatic rings. The fourth-order valence-electron chi connectivity index (χ4n) is 2.06. The van der Waals surface area contributed by atoms with E-state index < -0.39 is 10.8 Å². The summed E-state index contributed by atoms with van der Waals surface area (Å²) in [6.45, 7) is 1.64. The monoisotopic (exact) mass is 367 g/mol. The molecule has 1 aromatic carbocycles. The lowest BCUT2D eigenvalue weighted by Crippen LogP contribution is -2.33. The maximum absolute atomic E-state index is 12.0. The van der Waals surface area contributed by atoms with Gasteiger partial charge in [-0.2, -0.15) is 0 Å². The number of thioether (sulfide) groups is 1. The Labute approximate surface area is 146 Å². The third kappa shape index (κ3) is 4.15. The molecule has 0 atom stereocenters. The summed E-state index contributed by atoms with van der Waals surface area (Å²) in [5.41, 5.74) is 0.938. The zero-order chi connectivity index (χ0) is 17.9. The molecule has 1 N–H and O–H groups in total. The standard InChI is InChI=1S/C14H13N3O5S2/c1-8-6-9(17(21)22)2-3-10(8)15-11(18)7-24-14(23)16-12(19)4-5-13(16)20/h2-3,6H,4-5,7H2,1H3,(H,15,18). The number of anilines is 1. The molecule has 1 fully saturated rings. The summed E-state index contributed by atoms with van der Waals surface area (Å²) in [5.74, 6) is -1.18. The van der Waals surface area contributed by atoms with Crippen molar-refractivity contribution in [3.63, 3.8) is 0 Å². The number of non-ortho nitro benzene ring substituents is 1. The minimum Gasteiger partial charge on any atom is -0.325 e. The van der Waals surface area contributed by atoms with Crippen LogP contribution < -0.4 is 5.32 Å². The average molecular weight is 367 g/mol. The Hall–Kier alpha value is -2.33. The van der Waals surface area contributed by atoms with Crippen LogP contribution in [0, 0.1) is 17.0 Å². The van der Waals surface area contributed by atoms with Crippen LogP contribution in [0.4, 0.5) is 11.4 Å². The summed E-state index contributed by atoms with van der Waals surface area (Å²) in [7, 11) is 0. The van der Waals surface area contributed by atoms with Crippen molar-refractivity contribution in [3.8, 4) is 0 Å². The Balaban J connectivity index is 1.92. The Morgan fingerprint density at radius 3 is 2.54 bits per heavy atom. The van der Waals surface area contributed by atoms with E-state index in [1.165, 1.54) is 18.2 Å². The first-order valence-corrected chi connectivity index (χ1v) is 8.26. The third-order valence-corrected chi connectivity index (χ3v) is 4.63. The summed E-state index contributed by atoms with van der Waals surface area (Å²) in [4.78, 5) is 46.1. The van der Waals surface area contributed by atoms with Crippen LogP contribution in [0.3, 0.4) is 0 Å². The molecule has 1 saturated heterocycles. The van der Waals surface area contributed by atoms with E-state index in [0.717, 1.165) is 16.7 Å². The zero-order valence-electron chi connectivity index (χ0n) is 12.6. The van der Waals surface area contributed by atoms with Gasteiger partial charge in [0.1, 0.15) is 4.32 Å². The van der Waals surface area contributed by atoms with E-state index in [4.69, 9.17) is 12.2 Å². The van der Waals surface area contributed by atoms with Gasteiger partial charge in [-0.05, 0) is 18.6 Å². The molecule has 0 bridgehead atoms. The first-order chi connectivity index (χ1) is 11.3. The topological polar surface area (TPSA) is 110 Å². The van der Waals surface area contributed by atoms with Gasteiger partial charge in [0.05, 0.1) is 10.7 Å². The van der Waals surface area contributed by atoms with E-state index in [1.807, 2.05) is 0 Å². The Bertz CT molecular complexity index is 734. The van der Waals surface area contributed by atoms with Crippen LogP contribution in [0.25, 0.3) is 0 Å². The molecule has 8 nitrogen and oxygen atoms in total. The molecule has 0 unspecified atom stereocenters. The number of imide groups is 1. The number of carbonyl (C=O) groups is 3. The summed E-state index contributed by atoms with van der Waals surface area (Å²) in [5, 5.41) is 13.3. The van der Waals surface area contributed by atoms with Gasteiger partial charge in [-0.25, -0.2) is 4.90 Å². The average Bonchev–Trinajstić information content (AvgIpc) is 2.85. The van der Waals surface area contributed by atoms with Crippen molar-refractivity contribution in [1.82, 2.24) is 4.90 Å². The highest BCUT2D eigenvalue weighted by atomic mass is 32.2. The first-order valence-electron chi connectivity index (χ1n) is 6.87. The van der Waals surface area contributed by atoms with Crippen LogP contribution in [0.2, 0.25) is 0 Å². The Kier molecular flexibility index (Phi) is 5.62. The number of nitrogens with one attached hydrogen (secondary N) is 1. The summed E-state index contributed by atoms with van der Waals surface area (Å²) < 4.78 is 0.0538. The van der Waals surface area contributed by atoms with Crippen molar-refractivity contribution < 1.29 is 19.3 Å². The number of hydrogen-bond donors (Lipinski definition) is 1. The minimum absolute atomic E-state index is 0.0538. The summed E-state index contributed by atoms with van der Waals surface area (Å²) in [6, 6.07) is 4.10. The third-order valence-electron chi connectivity index (χ3n) is 3.26. The predicted octanol–water partition coefficient (Wildman–Crippen LogP) is 2.01. The molecule has 0 radical (unpaired) electrons. The molecule has 0 aliphatic carbocycles. The summed E-state index contributed by atoms with van der Waals surface area (Å²) in [6.07, 6.45) is 0.265. The van der Waals surface area contributed by atoms with Crippen LogP contribution in [0.15, 0.2) is 18.2 Å². The zero-order valence-corrected chi connectivity index (χ0v) is 14.2. The highest BCUT2D eigenvalue weighted by Gasteiger charge is 2.32. The number of hydrogen-bond acceptors (Lipinski definition) is 7. The number of nitrogens with zero attached hydrogens (tertiary/aromatic N) is 2. The fourth-order valence-corrected chi connectivity index (χ4v) is 3.10. The molecule has 24 heavy (non-hydrogen) atoms. The lowest BCUT2D eigenvalue weighted by Gasteiger charge is -2.14. The second-order valence-electron chi connectivity index (χ2n) is 4.98. The van der Waals surface area contributed by atoms with Gasteiger partial charge < -0.3 is 5.32 Å². The molecule has 126 valence electrons. The first kappa shape index (κ1) is 18.0. The highest BCUT2D eigenvalue weighted by molar-refractivity contribution is 8.23. The number of benzene rings is 1. The van der Waals surface area contributed by atoms with Gasteiger partial charge in [-0.3, -0.25) is 24.5 Å². The lowest BCUT2D eigenvalue weighted by atomic mass is 10.2. The van der Waals surface area contributed by atoms with Gasteiger partial charge in [0.25, 0.3) is 5.69 Å². The lowest BCUT2D eigenvalue weighted by molar-refractivity contribution is -0.384. The van der Waals surface area contributed by atoms with Crippen LogP contribution in [0.5, 0.6) is 0 Å². The maximum atomic E-state index is 12.0. The molecule has 10 heteroatoms. The number of aryl methyl sites for hydroxylation is 1. The second-order valence-corrected chi connectivity index (χ2v) is 6.59. The molecular formula is C14H13N3O5S2. The van der Waals surface area contributed by atoms with Crippen molar-refractivity contribution in [3.05, 3.63) is 33.9 Å². The van der Waals surface area contributed by atoms with Crippen LogP contribution in [-0.4, -0.2) is 37.6 Å². The maximum Gasteiger partial charge on any atom is 0.269 e. The predicted molar refractivity (Wildman–Crippen MR) is 92.6 cm³/mol. The number of amides is 3. The van der Waals surface area contributed by atoms with Gasteiger partial charge in [-0.15, -0.1) is 0 Å². The molecule has 0 saturated carbocycles. The van der Waals surface area contributed by atoms with E-state index in [-0.39, 0.29) is 40.4 Å². The van der Waals surface area contributed by atoms with Gasteiger partial charge in [0.2, 0.25) is 17.7 Å². The molecule has 1 aliphatic rings. The van der Waals surface area contributed by atoms with Gasteiger partial charge in [-0.1, -0.05) is 24.0 Å². The Morgan fingerprint density at radius 2 is 2.00 bits per heavy atom. The van der Waals surface area contributed by atoms with Crippen molar-refractivity contribution in [2.24, 2.45) is 0 Å². The quantitative estimate of drug-likeness (QED) is 0.375. The number of nitro benzene ring substituents is 1. The van der Waals surface area contributed by atoms with E-state index in [2.05, 4.69) is 5.32 Å². The van der Waals surface area contributed by atoms with E-state index in [0.29, 0.717) is 11.3 Å². The molecule has 2 rings (SSSR count). The fraction of sp³-hybridized carbons (Fsp3) is 0.286. The minimum atomic E-state index is -0.517. The SMILES string of the molecule is Cc1cc([N+](=O)[O-])ccc1NC(=O)CSC(=S)N1C(=O)CCC1=O. The molecule has 3 amide bonds. The van der Waals surface area contributed by atoms with Crippen LogP contribution in [0.1, 0.15) is 18.4 Å². The molecule has 0 spiro atoms. The van der Waals surface area contributed by atoms with Gasteiger partial charge in [0.15, 0.2) is 0 Å². The number of thiocarbonyl (C=S) groups is 1. The van der Waals surface area contributed by atoms with Crippen molar-refractivity contribution in [1.29, 1.82) is 0 Å². The highest BCUT2D eigenvalue weighted by Crippen LogP contribution is 2.22. The number of nitro groups is 1. The van der Waals surface area contributed by atoms with Crippen molar-refractivity contribution >= 4 is 57.4 Å².